The van der Waals surface area contributed by atoms with E-state index in [4.69, 9.17) is 35.1 Å². The number of amidine groups is 1. The first kappa shape index (κ1) is 113. The van der Waals surface area contributed by atoms with Crippen LogP contribution >= 0.6 is 7.81 Å². The number of aromatic nitrogens is 10. The Morgan fingerprint density at radius 1 is 0.547 bits per heavy atom. The Balaban J connectivity index is 0.000000178. The summed E-state index contributed by atoms with van der Waals surface area (Å²) in [5.41, 5.74) is 6.97. The average Bonchev–Trinajstić information content (AvgIpc) is 1.57. The summed E-state index contributed by atoms with van der Waals surface area (Å²) < 4.78 is 191. The van der Waals surface area contributed by atoms with Gasteiger partial charge < -0.3 is 35.4 Å². The average molecular weight is 2130 g/mol. The second-order valence-corrected chi connectivity index (χ2v) is 45.8. The van der Waals surface area contributed by atoms with Crippen molar-refractivity contribution in [3.05, 3.63) is 163 Å². The molecule has 4 saturated heterocycles. The standard InChI is InChI=1S/C41H44F2N6O7S.C35H40F2N4O6S.C10H15N6O.C8H19N.C6H6N2O2.F6P/c1-24-21-45-33(22-44-24)36(51)46-32-13-3-2-8-16-41(42,43)19-25-18-40(25,39(53)48-57(54,55)27-14-15-27)20-35(50)34-17-26(23-49(34)38(32)52)56-37-30-11-5-4-9-28(30)29-10-6-7-12-31(29)47-37;36-35(37)15-7-1-2-11-27(38)32(43)41-20-22(47-31-26-10-4-3-8-24(26)25-9-5-6-12-28(25)39-31)16-29(41)30(42)19-34(17-21(34)18-35)33(44)40-48(45,46)23-13-14-23;1-14(2)10(15(3)4)17-16-9-8(12-13-16)6-5-7-11-9;1-6-9(7(2)3)8(4)5;1-4-2-8-5(3-7-4)6(9)10;1-7(2,3,4,5)6/h4-7,9-12,21-22,25-27,32,34H,2-3,8,13-20,23H2,1H3,(H,46,51)(H,48,53);3-6,8-10,12,21-23,27,29H,1-2,7,11,13-20,38H2,(H,40,44);5-7H,1-4H3;7-8H,6H2,1-5H3;2-3H,1H3,(H,9,10);/q;;+1;;;-1/t25-,26+,32-,34-,40+;21-,22+,27-,29-,34+;;;;/m00..../s1. The number of hydrogen-bond acceptors (Lipinski definition) is 26. The largest absolute Gasteiger partial charge is 0.472 e. The van der Waals surface area contributed by atoms with Crippen molar-refractivity contribution in [1.82, 2.24) is 84.4 Å². The number of carbonyl (C=O) groups is 8. The zero-order valence-electron chi connectivity index (χ0n) is 83.8. The fourth-order valence-electron chi connectivity index (χ4n) is 19.4. The van der Waals surface area contributed by atoms with Crippen LogP contribution in [-0.4, -0.2) is 268 Å². The molecule has 802 valence electrons. The number of halogens is 10. The summed E-state index contributed by atoms with van der Waals surface area (Å²) in [7, 11) is -11.1. The van der Waals surface area contributed by atoms with Gasteiger partial charge in [-0.15, -0.1) is 5.10 Å². The van der Waals surface area contributed by atoms with Crippen molar-refractivity contribution in [3.8, 4) is 11.8 Å². The molecule has 10 aromatic rings. The summed E-state index contributed by atoms with van der Waals surface area (Å²) in [6.45, 7) is 15.8. The van der Waals surface area contributed by atoms with Gasteiger partial charge in [0, 0.05) is 104 Å². The van der Waals surface area contributed by atoms with Gasteiger partial charge in [-0.2, -0.15) is 0 Å². The van der Waals surface area contributed by atoms with Crippen molar-refractivity contribution < 1.29 is 122 Å². The van der Waals surface area contributed by atoms with Crippen molar-refractivity contribution in [2.75, 3.05) is 47.8 Å². The van der Waals surface area contributed by atoms with E-state index in [-0.39, 0.29) is 75.8 Å². The van der Waals surface area contributed by atoms with E-state index in [1.165, 1.54) is 39.4 Å². The maximum absolute atomic E-state index is 15.5. The number of carboxylic acid groups (broad SMARTS) is 1. The van der Waals surface area contributed by atoms with Gasteiger partial charge in [0.2, 0.25) is 72.9 Å². The number of hydrogen-bond donors (Lipinski definition) is 5. The number of Topliss-reactive ketones (excluding diaryl/α,β-unsaturated/α-hetero) is 2. The Bertz CT molecular complexity index is 6820. The number of benzene rings is 4. The van der Waals surface area contributed by atoms with E-state index < -0.39 is 195 Å². The summed E-state index contributed by atoms with van der Waals surface area (Å²) in [5.74, 6) is -13.1. The van der Waals surface area contributed by atoms with Gasteiger partial charge in [0.05, 0.1) is 116 Å². The zero-order chi connectivity index (χ0) is 108. The fourth-order valence-corrected chi connectivity index (χ4v) is 22.1. The minimum atomic E-state index is -10.7. The number of carbonyl (C=O) groups excluding carboxylic acids is 7. The molecule has 4 aromatic carbocycles. The van der Waals surface area contributed by atoms with Gasteiger partial charge in [-0.05, 0) is 181 Å². The van der Waals surface area contributed by atoms with Gasteiger partial charge in [-0.25, -0.2) is 73.6 Å². The molecule has 5 amide bonds. The van der Waals surface area contributed by atoms with Crippen LogP contribution in [0, 0.1) is 36.5 Å². The van der Waals surface area contributed by atoms with Crippen LogP contribution in [0.5, 0.6) is 11.8 Å². The fraction of sp³-hybridized carbons (Fsp3) is 0.520. The topological polar surface area (TPSA) is 452 Å². The molecule has 10 heterocycles. The molecule has 0 bridgehead atoms. The number of amides is 5. The molecule has 0 unspecified atom stereocenters. The Morgan fingerprint density at radius 3 is 1.37 bits per heavy atom. The first-order chi connectivity index (χ1) is 69.4. The molecule has 35 nitrogen and oxygen atoms in total. The van der Waals surface area contributed by atoms with E-state index in [0.29, 0.717) is 109 Å². The normalized spacial score (nSPS) is 23.7. The van der Waals surface area contributed by atoms with Gasteiger partial charge in [0.1, 0.15) is 29.5 Å². The Labute approximate surface area is 848 Å². The number of carboxylic acids is 1. The number of rotatable bonds is 17. The van der Waals surface area contributed by atoms with Gasteiger partial charge in [-0.3, -0.25) is 62.7 Å². The van der Waals surface area contributed by atoms with E-state index in [1.54, 1.807) is 20.0 Å². The van der Waals surface area contributed by atoms with Gasteiger partial charge in [0.15, 0.2) is 17.3 Å². The minimum absolute atomic E-state index is 0.0175. The van der Waals surface area contributed by atoms with Crippen LogP contribution in [0.2, 0.25) is 0 Å². The molecule has 48 heteroatoms. The number of alkyl halides is 4. The summed E-state index contributed by atoms with van der Waals surface area (Å²) in [4.78, 5) is 152. The van der Waals surface area contributed by atoms with Gasteiger partial charge in [-0.1, -0.05) is 105 Å². The van der Waals surface area contributed by atoms with Gasteiger partial charge >= 0.3 is 45.0 Å². The Kier molecular flexibility index (Phi) is 34.4. The number of nitrogens with one attached hydrogen (secondary N) is 3. The predicted octanol–water partition coefficient (Wildman–Crippen LogP) is 15.3. The molecule has 4 aliphatic heterocycles. The quantitative estimate of drug-likeness (QED) is 0.0141. The molecule has 10 atom stereocenters. The van der Waals surface area contributed by atoms with Crippen LogP contribution in [0.25, 0.3) is 54.5 Å². The van der Waals surface area contributed by atoms with Crippen molar-refractivity contribution in [2.45, 2.75) is 261 Å². The second-order valence-electron chi connectivity index (χ2n) is 40.0. The van der Waals surface area contributed by atoms with E-state index >= 15 is 17.6 Å². The number of para-hydroxylation sites is 2. The van der Waals surface area contributed by atoms with Crippen molar-refractivity contribution in [1.29, 1.82) is 0 Å². The molecular weight excluding hydrogens is 2010 g/mol. The van der Waals surface area contributed by atoms with Crippen molar-refractivity contribution in [2.24, 2.45) is 28.4 Å². The predicted molar refractivity (Wildman–Crippen MR) is 532 cm³/mol. The summed E-state index contributed by atoms with van der Waals surface area (Å²) in [5, 5.41) is 22.7. The van der Waals surface area contributed by atoms with E-state index in [0.717, 1.165) is 44.4 Å². The smallest absolute Gasteiger partial charge is 0.248 e. The molecule has 6 aromatic heterocycles. The van der Waals surface area contributed by atoms with Crippen molar-refractivity contribution >= 4 is 135 Å². The summed E-state index contributed by atoms with van der Waals surface area (Å²) in [6.07, 6.45) is 6.23. The number of ketones is 2. The molecule has 0 radical (unpaired) electrons. The molecule has 148 heavy (non-hydrogen) atoms. The minimum Gasteiger partial charge on any atom is -0.472 e. The van der Waals surface area contributed by atoms with E-state index in [1.807, 2.05) is 147 Å². The SMILES string of the molecule is CCN(C(C)C)C(C)C.CN(C)C(On1nnc2cccnc21)=[N+](C)C.Cc1cnc(C(=O)N[C@H]2CCCCCC(F)(F)C[C@@H]3C[C@@]3(C(=O)NS(=O)(=O)C3CC3)CC(=O)[C@@H]3C[C@@H](Oc4nc5ccccc5c5ccccc45)CN3C2=O)cn1.Cc1cnc(C(=O)O)cn1.F[P-](F)(F)(F)(F)F.N[C@H]1CCCCCC(F)(F)C[C@@H]2C[C@@]2(C(=O)NS(=O)(=O)C2CC2)CC(=O)[C@@H]2C[C@@H](Oc3nc4ccccc4c4ccccc34)CN2C1=O. The summed E-state index contributed by atoms with van der Waals surface area (Å²) >= 11 is 0. The van der Waals surface area contributed by atoms with Crippen LogP contribution in [-0.2, 0) is 48.8 Å². The first-order valence-corrected chi connectivity index (χ1v) is 54.2. The third-order valence-electron chi connectivity index (χ3n) is 27.2. The molecule has 0 spiro atoms. The molecular formula is C100H124F10N19O16PS2. The number of nitrogens with zero attached hydrogens (tertiary/aromatic N) is 15. The van der Waals surface area contributed by atoms with Crippen LogP contribution in [0.1, 0.15) is 208 Å². The third-order valence-corrected chi connectivity index (χ3v) is 30.8. The maximum atomic E-state index is 15.5. The number of fused-ring (bicyclic) bond motifs is 11. The van der Waals surface area contributed by atoms with E-state index in [2.05, 4.69) is 89.5 Å². The number of sulfonamides is 2. The molecule has 8 fully saturated rings. The van der Waals surface area contributed by atoms with Crippen LogP contribution in [0.15, 0.2) is 140 Å². The summed E-state index contributed by atoms with van der Waals surface area (Å²) in [6, 6.07) is 31.8. The first-order valence-electron chi connectivity index (χ1n) is 49.1. The number of ether oxygens (including phenoxy) is 2. The van der Waals surface area contributed by atoms with E-state index in [9.17, 15) is 80.4 Å². The van der Waals surface area contributed by atoms with Gasteiger partial charge in [0.25, 0.3) is 5.91 Å². The monoisotopic (exact) mass is 2130 g/mol. The zero-order valence-corrected chi connectivity index (χ0v) is 86.3. The molecule has 18 rings (SSSR count). The number of nitrogens with two attached hydrogens (primary N) is 1. The maximum Gasteiger partial charge on any atom is 0.248 e. The molecule has 6 N–H and O–H groups in total. The Morgan fingerprint density at radius 2 is 0.966 bits per heavy atom. The molecule has 4 aliphatic carbocycles. The second kappa shape index (κ2) is 45.1. The molecule has 4 saturated carbocycles. The molecule has 8 aliphatic rings. The van der Waals surface area contributed by atoms with Crippen LogP contribution in [0.4, 0.5) is 42.7 Å². The van der Waals surface area contributed by atoms with Crippen LogP contribution < -0.4 is 34.8 Å². The number of aromatic carboxylic acids is 1. The Hall–Kier alpha value is -12.5. The van der Waals surface area contributed by atoms with Crippen molar-refractivity contribution in [3.63, 3.8) is 0 Å². The third kappa shape index (κ3) is 29.6. The number of pyridine rings is 3. The van der Waals surface area contributed by atoms with Crippen LogP contribution in [0.3, 0.4) is 0 Å². The number of aryl methyl sites for hydroxylation is 2.